The molecule has 136 valence electrons. The van der Waals surface area contributed by atoms with Crippen LogP contribution >= 0.6 is 0 Å². The zero-order valence-electron chi connectivity index (χ0n) is 15.4. The summed E-state index contributed by atoms with van der Waals surface area (Å²) in [5.41, 5.74) is 2.12. The molecule has 2 aromatic rings. The monoisotopic (exact) mass is 349 g/mol. The number of benzene rings is 2. The van der Waals surface area contributed by atoms with Crippen LogP contribution in [0.3, 0.4) is 0 Å². The number of carbonyl (C=O) groups excluding carboxylic acids is 1. The van der Waals surface area contributed by atoms with Crippen molar-refractivity contribution in [2.45, 2.75) is 45.3 Å². The molecule has 0 aromatic heterocycles. The first kappa shape index (κ1) is 18.2. The Labute approximate surface area is 156 Å². The van der Waals surface area contributed by atoms with E-state index < -0.39 is 0 Å². The molecule has 0 aliphatic carbocycles. The molecule has 1 aliphatic heterocycles. The number of nitrogens with zero attached hydrogens (tertiary/aromatic N) is 1. The third-order valence-corrected chi connectivity index (χ3v) is 4.91. The highest BCUT2D eigenvalue weighted by Crippen LogP contribution is 2.21. The van der Waals surface area contributed by atoms with Crippen LogP contribution in [0.4, 0.5) is 0 Å². The highest BCUT2D eigenvalue weighted by atomic mass is 16.5. The average molecular weight is 349 g/mol. The minimum Gasteiger partial charge on any atom is -0.489 e. The summed E-state index contributed by atoms with van der Waals surface area (Å²) >= 11 is 0. The van der Waals surface area contributed by atoms with Crippen LogP contribution in [0.1, 0.15) is 43.7 Å². The van der Waals surface area contributed by atoms with Gasteiger partial charge in [0.1, 0.15) is 12.4 Å². The van der Waals surface area contributed by atoms with Crippen molar-refractivity contribution in [2.75, 3.05) is 6.54 Å². The van der Waals surface area contributed by atoms with E-state index in [4.69, 9.17) is 4.74 Å². The van der Waals surface area contributed by atoms with Gasteiger partial charge in [0, 0.05) is 18.7 Å². The molecule has 3 rings (SSSR count). The van der Waals surface area contributed by atoms with Gasteiger partial charge in [-0.1, -0.05) is 49.4 Å². The summed E-state index contributed by atoms with van der Waals surface area (Å²) in [6.45, 7) is 3.58. The third-order valence-electron chi connectivity index (χ3n) is 4.91. The molecule has 3 heteroatoms. The van der Waals surface area contributed by atoms with E-state index in [1.54, 1.807) is 6.08 Å². The second-order valence-corrected chi connectivity index (χ2v) is 6.77. The Hall–Kier alpha value is -2.55. The number of carbonyl (C=O) groups is 1. The van der Waals surface area contributed by atoms with Gasteiger partial charge in [0.25, 0.3) is 0 Å². The molecular formula is C23H27NO2. The maximum absolute atomic E-state index is 12.5. The fourth-order valence-electron chi connectivity index (χ4n) is 3.43. The van der Waals surface area contributed by atoms with E-state index in [-0.39, 0.29) is 5.91 Å². The molecule has 0 spiro atoms. The fraction of sp³-hybridized carbons (Fsp3) is 0.348. The van der Waals surface area contributed by atoms with Crippen molar-refractivity contribution in [3.8, 4) is 5.75 Å². The van der Waals surface area contributed by atoms with E-state index in [0.717, 1.165) is 42.7 Å². The van der Waals surface area contributed by atoms with Gasteiger partial charge in [0.05, 0.1) is 0 Å². The highest BCUT2D eigenvalue weighted by molar-refractivity contribution is 5.92. The maximum Gasteiger partial charge on any atom is 0.246 e. The molecule has 1 amide bonds. The zero-order chi connectivity index (χ0) is 18.2. The Morgan fingerprint density at radius 3 is 2.81 bits per heavy atom. The van der Waals surface area contributed by atoms with Gasteiger partial charge >= 0.3 is 0 Å². The number of piperidine rings is 1. The molecule has 26 heavy (non-hydrogen) atoms. The minimum atomic E-state index is 0.118. The van der Waals surface area contributed by atoms with Gasteiger partial charge in [-0.15, -0.1) is 0 Å². The van der Waals surface area contributed by atoms with E-state index in [1.807, 2.05) is 65.6 Å². The molecule has 1 unspecified atom stereocenters. The molecule has 0 bridgehead atoms. The van der Waals surface area contributed by atoms with Crippen LogP contribution in [-0.4, -0.2) is 23.4 Å². The summed E-state index contributed by atoms with van der Waals surface area (Å²) in [7, 11) is 0. The first-order valence-corrected chi connectivity index (χ1v) is 9.51. The Kier molecular flexibility index (Phi) is 6.48. The van der Waals surface area contributed by atoms with Crippen LogP contribution in [-0.2, 0) is 11.4 Å². The van der Waals surface area contributed by atoms with Crippen LogP contribution in [0.25, 0.3) is 6.08 Å². The van der Waals surface area contributed by atoms with Crippen molar-refractivity contribution in [3.05, 3.63) is 71.8 Å². The van der Waals surface area contributed by atoms with Gasteiger partial charge in [-0.25, -0.2) is 0 Å². The van der Waals surface area contributed by atoms with Crippen molar-refractivity contribution >= 4 is 12.0 Å². The van der Waals surface area contributed by atoms with Gasteiger partial charge in [0.15, 0.2) is 0 Å². The van der Waals surface area contributed by atoms with Gasteiger partial charge in [0.2, 0.25) is 5.91 Å². The normalized spacial score (nSPS) is 17.4. The van der Waals surface area contributed by atoms with Gasteiger partial charge in [-0.2, -0.15) is 0 Å². The van der Waals surface area contributed by atoms with Crippen LogP contribution in [0.5, 0.6) is 5.75 Å². The maximum atomic E-state index is 12.5. The van der Waals surface area contributed by atoms with Gasteiger partial charge < -0.3 is 9.64 Å². The predicted molar refractivity (Wildman–Crippen MR) is 106 cm³/mol. The Bertz CT molecular complexity index is 739. The van der Waals surface area contributed by atoms with Crippen LogP contribution in [0.2, 0.25) is 0 Å². The average Bonchev–Trinajstić information content (AvgIpc) is 2.71. The lowest BCUT2D eigenvalue weighted by molar-refractivity contribution is -0.129. The van der Waals surface area contributed by atoms with E-state index in [0.29, 0.717) is 12.6 Å². The van der Waals surface area contributed by atoms with Crippen LogP contribution in [0, 0.1) is 0 Å². The summed E-state index contributed by atoms with van der Waals surface area (Å²) < 4.78 is 5.86. The Balaban J connectivity index is 1.60. The highest BCUT2D eigenvalue weighted by Gasteiger charge is 2.23. The van der Waals surface area contributed by atoms with Crippen molar-refractivity contribution in [2.24, 2.45) is 0 Å². The SMILES string of the molecule is CCC1CCCCN1C(=O)/C=C/c1cccc(OCc2ccccc2)c1. The van der Waals surface area contributed by atoms with Crippen LogP contribution in [0.15, 0.2) is 60.7 Å². The number of amides is 1. The molecular weight excluding hydrogens is 322 g/mol. The Morgan fingerprint density at radius 2 is 2.00 bits per heavy atom. The molecule has 1 heterocycles. The number of ether oxygens (including phenoxy) is 1. The molecule has 1 saturated heterocycles. The van der Waals surface area contributed by atoms with E-state index in [2.05, 4.69) is 6.92 Å². The molecule has 1 atom stereocenters. The lowest BCUT2D eigenvalue weighted by Gasteiger charge is -2.34. The molecule has 2 aromatic carbocycles. The van der Waals surface area contributed by atoms with Gasteiger partial charge in [-0.05, 0) is 55.0 Å². The second kappa shape index (κ2) is 9.23. The molecule has 0 radical (unpaired) electrons. The number of likely N-dealkylation sites (tertiary alicyclic amines) is 1. The number of hydrogen-bond donors (Lipinski definition) is 0. The van der Waals surface area contributed by atoms with E-state index >= 15 is 0 Å². The molecule has 1 fully saturated rings. The standard InChI is InChI=1S/C23H27NO2/c1-2-21-12-6-7-16-24(21)23(25)15-14-19-11-8-13-22(17-19)26-18-20-9-4-3-5-10-20/h3-5,8-11,13-15,17,21H,2,6-7,12,16,18H2,1H3/b15-14+. The van der Waals surface area contributed by atoms with Crippen molar-refractivity contribution < 1.29 is 9.53 Å². The number of hydrogen-bond acceptors (Lipinski definition) is 2. The van der Waals surface area contributed by atoms with Gasteiger partial charge in [-0.3, -0.25) is 4.79 Å². The van der Waals surface area contributed by atoms with E-state index in [9.17, 15) is 4.79 Å². The summed E-state index contributed by atoms with van der Waals surface area (Å²) in [6, 6.07) is 18.4. The second-order valence-electron chi connectivity index (χ2n) is 6.77. The van der Waals surface area contributed by atoms with Crippen molar-refractivity contribution in [1.82, 2.24) is 4.90 Å². The quantitative estimate of drug-likeness (QED) is 0.682. The summed E-state index contributed by atoms with van der Waals surface area (Å²) in [5.74, 6) is 0.931. The van der Waals surface area contributed by atoms with Crippen molar-refractivity contribution in [3.63, 3.8) is 0 Å². The van der Waals surface area contributed by atoms with Crippen molar-refractivity contribution in [1.29, 1.82) is 0 Å². The summed E-state index contributed by atoms with van der Waals surface area (Å²) in [6.07, 6.45) is 8.08. The Morgan fingerprint density at radius 1 is 1.15 bits per heavy atom. The van der Waals surface area contributed by atoms with Crippen LogP contribution < -0.4 is 4.74 Å². The smallest absolute Gasteiger partial charge is 0.246 e. The van der Waals surface area contributed by atoms with E-state index in [1.165, 1.54) is 6.42 Å². The minimum absolute atomic E-state index is 0.118. The predicted octanol–water partition coefficient (Wildman–Crippen LogP) is 5.07. The lowest BCUT2D eigenvalue weighted by Crippen LogP contribution is -2.42. The molecule has 0 saturated carbocycles. The lowest BCUT2D eigenvalue weighted by atomic mass is 10.00. The largest absolute Gasteiger partial charge is 0.489 e. The zero-order valence-corrected chi connectivity index (χ0v) is 15.4. The number of rotatable bonds is 6. The summed E-state index contributed by atoms with van der Waals surface area (Å²) in [4.78, 5) is 14.6. The first-order chi connectivity index (χ1) is 12.8. The topological polar surface area (TPSA) is 29.5 Å². The molecule has 1 aliphatic rings. The molecule has 3 nitrogen and oxygen atoms in total. The summed E-state index contributed by atoms with van der Waals surface area (Å²) in [5, 5.41) is 0. The fourth-order valence-corrected chi connectivity index (χ4v) is 3.43. The molecule has 0 N–H and O–H groups in total. The third kappa shape index (κ3) is 4.98. The first-order valence-electron chi connectivity index (χ1n) is 9.51.